The SMILES string of the molecule is CC(C)(C)[C@@H](CO)Nc1cc(C(=O)N2CCC(NC(=O)C3CC3)CC2)nc(-c2cnn3ccsc23)n1. The molecular weight excluding hydrogens is 478 g/mol. The predicted molar refractivity (Wildman–Crippen MR) is 138 cm³/mol. The Kier molecular flexibility index (Phi) is 6.69. The Morgan fingerprint density at radius 1 is 1.19 bits per heavy atom. The molecular formula is C25H33N7O3S. The van der Waals surface area contributed by atoms with E-state index in [2.05, 4.69) is 20.7 Å². The molecule has 3 N–H and O–H groups in total. The number of likely N-dealkylation sites (tertiary alicyclic amines) is 1. The number of thiazole rings is 1. The first kappa shape index (κ1) is 24.6. The average Bonchev–Trinajstić information content (AvgIpc) is 3.48. The molecule has 1 saturated carbocycles. The molecule has 1 aliphatic carbocycles. The summed E-state index contributed by atoms with van der Waals surface area (Å²) in [4.78, 5) is 37.7. The van der Waals surface area contributed by atoms with Crippen LogP contribution in [0.2, 0.25) is 0 Å². The molecule has 0 radical (unpaired) electrons. The molecule has 1 saturated heterocycles. The van der Waals surface area contributed by atoms with Crippen molar-refractivity contribution in [3.8, 4) is 11.4 Å². The largest absolute Gasteiger partial charge is 0.394 e. The number of nitrogens with zero attached hydrogens (tertiary/aromatic N) is 5. The number of carbonyl (C=O) groups is 2. The van der Waals surface area contributed by atoms with Crippen LogP contribution in [0.15, 0.2) is 23.8 Å². The molecule has 0 spiro atoms. The third-order valence-corrected chi connectivity index (χ3v) is 7.83. The van der Waals surface area contributed by atoms with E-state index in [0.717, 1.165) is 36.1 Å². The Balaban J connectivity index is 1.39. The fourth-order valence-electron chi connectivity index (χ4n) is 4.40. The Morgan fingerprint density at radius 3 is 2.61 bits per heavy atom. The maximum absolute atomic E-state index is 13.5. The van der Waals surface area contributed by atoms with Crippen LogP contribution in [0.1, 0.15) is 56.9 Å². The summed E-state index contributed by atoms with van der Waals surface area (Å²) in [7, 11) is 0. The molecule has 192 valence electrons. The van der Waals surface area contributed by atoms with Crippen molar-refractivity contribution in [2.24, 2.45) is 11.3 Å². The van der Waals surface area contributed by atoms with Gasteiger partial charge in [0.25, 0.3) is 5.91 Å². The lowest BCUT2D eigenvalue weighted by atomic mass is 9.87. The van der Waals surface area contributed by atoms with E-state index in [1.54, 1.807) is 21.7 Å². The van der Waals surface area contributed by atoms with Crippen LogP contribution in [0, 0.1) is 11.3 Å². The minimum Gasteiger partial charge on any atom is -0.394 e. The predicted octanol–water partition coefficient (Wildman–Crippen LogP) is 2.80. The van der Waals surface area contributed by atoms with Crippen LogP contribution in [0.4, 0.5) is 5.82 Å². The van der Waals surface area contributed by atoms with E-state index in [4.69, 9.17) is 4.98 Å². The zero-order valence-electron chi connectivity index (χ0n) is 20.9. The Labute approximate surface area is 214 Å². The van der Waals surface area contributed by atoms with E-state index in [1.165, 1.54) is 11.3 Å². The first-order chi connectivity index (χ1) is 17.2. The lowest BCUT2D eigenvalue weighted by Crippen LogP contribution is -2.47. The molecule has 4 heterocycles. The van der Waals surface area contributed by atoms with E-state index < -0.39 is 0 Å². The van der Waals surface area contributed by atoms with Gasteiger partial charge in [0.05, 0.1) is 24.4 Å². The number of aliphatic hydroxyl groups excluding tert-OH is 1. The van der Waals surface area contributed by atoms with E-state index >= 15 is 0 Å². The van der Waals surface area contributed by atoms with Gasteiger partial charge < -0.3 is 20.6 Å². The van der Waals surface area contributed by atoms with Crippen molar-refractivity contribution < 1.29 is 14.7 Å². The van der Waals surface area contributed by atoms with Gasteiger partial charge in [-0.1, -0.05) is 20.8 Å². The monoisotopic (exact) mass is 511 g/mol. The number of hydrogen-bond acceptors (Lipinski definition) is 8. The standard InChI is InChI=1S/C25H33N7O3S/c1-25(2,3)19(14-33)29-20-12-18(28-21(30-20)17-13-26-32-10-11-36-24(17)32)23(35)31-8-6-16(7-9-31)27-22(34)15-4-5-15/h10-13,15-16,19,33H,4-9,14H2,1-3H3,(H,27,34)(H,28,29,30)/t19-/m1/s1. The molecule has 10 nitrogen and oxygen atoms in total. The maximum Gasteiger partial charge on any atom is 0.272 e. The first-order valence-electron chi connectivity index (χ1n) is 12.5. The number of hydrogen-bond donors (Lipinski definition) is 3. The molecule has 0 unspecified atom stereocenters. The highest BCUT2D eigenvalue weighted by atomic mass is 32.1. The number of fused-ring (bicyclic) bond motifs is 1. The van der Waals surface area contributed by atoms with Gasteiger partial charge in [-0.3, -0.25) is 9.59 Å². The zero-order valence-corrected chi connectivity index (χ0v) is 21.7. The summed E-state index contributed by atoms with van der Waals surface area (Å²) >= 11 is 1.53. The van der Waals surface area contributed by atoms with E-state index in [0.29, 0.717) is 30.4 Å². The van der Waals surface area contributed by atoms with Crippen molar-refractivity contribution in [1.82, 2.24) is 29.8 Å². The maximum atomic E-state index is 13.5. The quantitative estimate of drug-likeness (QED) is 0.445. The van der Waals surface area contributed by atoms with E-state index in [9.17, 15) is 14.7 Å². The third kappa shape index (κ3) is 5.22. The van der Waals surface area contributed by atoms with Gasteiger partial charge in [-0.15, -0.1) is 11.3 Å². The molecule has 2 amide bonds. The third-order valence-electron chi connectivity index (χ3n) is 6.94. The van der Waals surface area contributed by atoms with Crippen molar-refractivity contribution >= 4 is 33.8 Å². The van der Waals surface area contributed by atoms with Crippen LogP contribution < -0.4 is 10.6 Å². The second-order valence-corrected chi connectivity index (χ2v) is 11.7. The molecule has 0 aromatic carbocycles. The van der Waals surface area contributed by atoms with Crippen LogP contribution in [-0.4, -0.2) is 73.2 Å². The van der Waals surface area contributed by atoms with Gasteiger partial charge in [0.2, 0.25) is 5.91 Å². The first-order valence-corrected chi connectivity index (χ1v) is 13.4. The molecule has 2 fully saturated rings. The molecule has 3 aromatic rings. The number of aliphatic hydroxyl groups is 1. The van der Waals surface area contributed by atoms with Gasteiger partial charge in [0, 0.05) is 42.7 Å². The average molecular weight is 512 g/mol. The fourth-order valence-corrected chi connectivity index (χ4v) is 5.19. The molecule has 5 rings (SSSR count). The molecule has 1 aliphatic heterocycles. The van der Waals surface area contributed by atoms with Gasteiger partial charge in [0.1, 0.15) is 16.3 Å². The van der Waals surface area contributed by atoms with Gasteiger partial charge in [-0.2, -0.15) is 5.10 Å². The van der Waals surface area contributed by atoms with E-state index in [-0.39, 0.29) is 41.8 Å². The van der Waals surface area contributed by atoms with E-state index in [1.807, 2.05) is 32.3 Å². The molecule has 0 bridgehead atoms. The number of nitrogens with one attached hydrogen (secondary N) is 2. The molecule has 36 heavy (non-hydrogen) atoms. The minimum absolute atomic E-state index is 0.0742. The summed E-state index contributed by atoms with van der Waals surface area (Å²) in [6.07, 6.45) is 6.99. The second-order valence-electron chi connectivity index (χ2n) is 10.8. The van der Waals surface area contributed by atoms with Crippen molar-refractivity contribution in [1.29, 1.82) is 0 Å². The zero-order chi connectivity index (χ0) is 25.4. The highest BCUT2D eigenvalue weighted by molar-refractivity contribution is 7.16. The van der Waals surface area contributed by atoms with Gasteiger partial charge in [0.15, 0.2) is 5.82 Å². The normalized spacial score (nSPS) is 17.8. The number of carbonyl (C=O) groups excluding carboxylic acids is 2. The summed E-state index contributed by atoms with van der Waals surface area (Å²) in [5.74, 6) is 1.07. The Hall–Kier alpha value is -3.05. The second kappa shape index (κ2) is 9.78. The number of piperidine rings is 1. The lowest BCUT2D eigenvalue weighted by Gasteiger charge is -2.32. The van der Waals surface area contributed by atoms with Gasteiger partial charge >= 0.3 is 0 Å². The summed E-state index contributed by atoms with van der Waals surface area (Å²) in [6.45, 7) is 7.15. The number of amides is 2. The Morgan fingerprint density at radius 2 is 1.94 bits per heavy atom. The van der Waals surface area contributed by atoms with Crippen LogP contribution in [0.5, 0.6) is 0 Å². The Bertz CT molecular complexity index is 1250. The fraction of sp³-hybridized carbons (Fsp3) is 0.560. The van der Waals surface area contributed by atoms with Gasteiger partial charge in [-0.05, 0) is 31.1 Å². The smallest absolute Gasteiger partial charge is 0.272 e. The summed E-state index contributed by atoms with van der Waals surface area (Å²) in [5, 5.41) is 22.7. The summed E-state index contributed by atoms with van der Waals surface area (Å²) < 4.78 is 1.76. The van der Waals surface area contributed by atoms with Crippen molar-refractivity contribution in [2.75, 3.05) is 25.0 Å². The van der Waals surface area contributed by atoms with Gasteiger partial charge in [-0.25, -0.2) is 14.5 Å². The van der Waals surface area contributed by atoms with Crippen molar-refractivity contribution in [3.05, 3.63) is 29.5 Å². The number of aromatic nitrogens is 4. The highest BCUT2D eigenvalue weighted by Gasteiger charge is 2.33. The number of rotatable bonds is 7. The highest BCUT2D eigenvalue weighted by Crippen LogP contribution is 2.30. The van der Waals surface area contributed by atoms with Crippen LogP contribution in [0.25, 0.3) is 16.2 Å². The van der Waals surface area contributed by atoms with Crippen LogP contribution in [-0.2, 0) is 4.79 Å². The molecule has 3 aromatic heterocycles. The van der Waals surface area contributed by atoms with Crippen LogP contribution in [0.3, 0.4) is 0 Å². The number of anilines is 1. The molecule has 2 aliphatic rings. The summed E-state index contributed by atoms with van der Waals surface area (Å²) in [6, 6.07) is 1.51. The minimum atomic E-state index is -0.261. The molecule has 1 atom stereocenters. The molecule has 11 heteroatoms. The lowest BCUT2D eigenvalue weighted by molar-refractivity contribution is -0.123. The van der Waals surface area contributed by atoms with Crippen molar-refractivity contribution in [2.45, 2.75) is 58.5 Å². The van der Waals surface area contributed by atoms with Crippen molar-refractivity contribution in [3.63, 3.8) is 0 Å². The summed E-state index contributed by atoms with van der Waals surface area (Å²) in [5.41, 5.74) is 0.820. The topological polar surface area (TPSA) is 125 Å². The van der Waals surface area contributed by atoms with Crippen LogP contribution >= 0.6 is 11.3 Å².